The fraction of sp³-hybridized carbons (Fsp3) is 0.188. The molecule has 0 aromatic heterocycles. The van der Waals surface area contributed by atoms with Crippen LogP contribution in [-0.4, -0.2) is 11.0 Å². The third kappa shape index (κ3) is 3.20. The molecule has 2 aromatic rings. The summed E-state index contributed by atoms with van der Waals surface area (Å²) in [5, 5.41) is 12.8. The molecule has 0 aliphatic heterocycles. The Hall–Kier alpha value is -2.13. The van der Waals surface area contributed by atoms with Crippen LogP contribution in [0.2, 0.25) is 0 Å². The highest BCUT2D eigenvalue weighted by atomic mass is 16.3. The van der Waals surface area contributed by atoms with E-state index in [0.29, 0.717) is 17.7 Å². The lowest BCUT2D eigenvalue weighted by atomic mass is 10.0. The lowest BCUT2D eigenvalue weighted by Gasteiger charge is -2.14. The minimum atomic E-state index is -0.563. The van der Waals surface area contributed by atoms with E-state index in [4.69, 9.17) is 0 Å². The molecule has 0 heterocycles. The molecule has 1 amide bonds. The van der Waals surface area contributed by atoms with Crippen molar-refractivity contribution in [1.29, 1.82) is 0 Å². The summed E-state index contributed by atoms with van der Waals surface area (Å²) >= 11 is 0. The zero-order valence-corrected chi connectivity index (χ0v) is 10.8. The molecule has 0 aliphatic carbocycles. The van der Waals surface area contributed by atoms with Gasteiger partial charge >= 0.3 is 0 Å². The van der Waals surface area contributed by atoms with Crippen LogP contribution in [0, 0.1) is 0 Å². The molecule has 2 rings (SSSR count). The van der Waals surface area contributed by atoms with Crippen LogP contribution in [0.5, 0.6) is 0 Å². The van der Waals surface area contributed by atoms with Gasteiger partial charge < -0.3 is 10.4 Å². The van der Waals surface area contributed by atoms with Gasteiger partial charge in [-0.25, -0.2) is 0 Å². The fourth-order valence-corrected chi connectivity index (χ4v) is 1.91. The lowest BCUT2D eigenvalue weighted by molar-refractivity contribution is 0.102. The second-order valence-electron chi connectivity index (χ2n) is 4.33. The molecule has 0 radical (unpaired) electrons. The van der Waals surface area contributed by atoms with Gasteiger partial charge in [0.2, 0.25) is 0 Å². The highest BCUT2D eigenvalue weighted by molar-refractivity contribution is 6.04. The van der Waals surface area contributed by atoms with Gasteiger partial charge in [0.1, 0.15) is 0 Å². The van der Waals surface area contributed by atoms with Crippen LogP contribution in [-0.2, 0) is 0 Å². The predicted molar refractivity (Wildman–Crippen MR) is 76.1 cm³/mol. The molecular formula is C16H17NO2. The highest BCUT2D eigenvalue weighted by Crippen LogP contribution is 2.25. The molecule has 0 unspecified atom stereocenters. The lowest BCUT2D eigenvalue weighted by Crippen LogP contribution is -2.14. The topological polar surface area (TPSA) is 49.3 Å². The Balaban J connectivity index is 2.22. The number of benzene rings is 2. The van der Waals surface area contributed by atoms with Crippen LogP contribution in [0.4, 0.5) is 5.69 Å². The van der Waals surface area contributed by atoms with E-state index in [1.807, 2.05) is 43.3 Å². The molecule has 0 spiro atoms. The minimum absolute atomic E-state index is 0.170. The Labute approximate surface area is 112 Å². The van der Waals surface area contributed by atoms with Crippen molar-refractivity contribution in [2.75, 3.05) is 5.32 Å². The summed E-state index contributed by atoms with van der Waals surface area (Å²) in [6.07, 6.45) is 0.0466. The van der Waals surface area contributed by atoms with Gasteiger partial charge in [-0.3, -0.25) is 4.79 Å². The van der Waals surface area contributed by atoms with E-state index in [1.54, 1.807) is 18.2 Å². The number of carbonyl (C=O) groups is 1. The summed E-state index contributed by atoms with van der Waals surface area (Å²) in [6, 6.07) is 16.3. The van der Waals surface area contributed by atoms with E-state index >= 15 is 0 Å². The Morgan fingerprint density at radius 2 is 1.74 bits per heavy atom. The van der Waals surface area contributed by atoms with Crippen molar-refractivity contribution in [3.63, 3.8) is 0 Å². The van der Waals surface area contributed by atoms with Crippen LogP contribution in [0.1, 0.15) is 35.4 Å². The van der Waals surface area contributed by atoms with Gasteiger partial charge in [-0.15, -0.1) is 0 Å². The SMILES string of the molecule is CC[C@@H](O)c1ccccc1NC(=O)c1ccccc1. The fourth-order valence-electron chi connectivity index (χ4n) is 1.91. The van der Waals surface area contributed by atoms with Crippen molar-refractivity contribution in [2.45, 2.75) is 19.4 Å². The number of hydrogen-bond acceptors (Lipinski definition) is 2. The molecule has 0 saturated heterocycles. The number of anilines is 1. The van der Waals surface area contributed by atoms with E-state index in [2.05, 4.69) is 5.32 Å². The van der Waals surface area contributed by atoms with Crippen molar-refractivity contribution < 1.29 is 9.90 Å². The van der Waals surface area contributed by atoms with Gasteiger partial charge in [0.25, 0.3) is 5.91 Å². The normalized spacial score (nSPS) is 11.9. The van der Waals surface area contributed by atoms with E-state index in [-0.39, 0.29) is 5.91 Å². The zero-order valence-electron chi connectivity index (χ0n) is 10.8. The number of para-hydroxylation sites is 1. The second-order valence-corrected chi connectivity index (χ2v) is 4.33. The quantitative estimate of drug-likeness (QED) is 0.879. The van der Waals surface area contributed by atoms with E-state index in [1.165, 1.54) is 0 Å². The molecule has 0 fully saturated rings. The third-order valence-corrected chi connectivity index (χ3v) is 2.99. The molecule has 0 bridgehead atoms. The standard InChI is InChI=1S/C16H17NO2/c1-2-15(18)13-10-6-7-11-14(13)17-16(19)12-8-4-3-5-9-12/h3-11,15,18H,2H2,1H3,(H,17,19)/t15-/m1/s1. The van der Waals surface area contributed by atoms with E-state index in [0.717, 1.165) is 5.56 Å². The summed E-state index contributed by atoms with van der Waals surface area (Å²) < 4.78 is 0. The average molecular weight is 255 g/mol. The van der Waals surface area contributed by atoms with Gasteiger partial charge in [0.05, 0.1) is 6.10 Å². The minimum Gasteiger partial charge on any atom is -0.388 e. The molecule has 19 heavy (non-hydrogen) atoms. The molecule has 2 aromatic carbocycles. The van der Waals surface area contributed by atoms with Gasteiger partial charge in [-0.1, -0.05) is 43.3 Å². The maximum atomic E-state index is 12.1. The number of hydrogen-bond donors (Lipinski definition) is 2. The van der Waals surface area contributed by atoms with Crippen molar-refractivity contribution in [2.24, 2.45) is 0 Å². The van der Waals surface area contributed by atoms with E-state index < -0.39 is 6.10 Å². The second kappa shape index (κ2) is 6.16. The number of aliphatic hydroxyl groups excluding tert-OH is 1. The molecule has 1 atom stereocenters. The molecule has 3 heteroatoms. The van der Waals surface area contributed by atoms with Crippen molar-refractivity contribution >= 4 is 11.6 Å². The smallest absolute Gasteiger partial charge is 0.255 e. The van der Waals surface area contributed by atoms with Crippen LogP contribution >= 0.6 is 0 Å². The van der Waals surface area contributed by atoms with Gasteiger partial charge in [0.15, 0.2) is 0 Å². The molecular weight excluding hydrogens is 238 g/mol. The summed E-state index contributed by atoms with van der Waals surface area (Å²) in [5.41, 5.74) is 2.00. The molecule has 3 nitrogen and oxygen atoms in total. The van der Waals surface area contributed by atoms with Crippen molar-refractivity contribution in [1.82, 2.24) is 0 Å². The van der Waals surface area contributed by atoms with Crippen molar-refractivity contribution in [3.8, 4) is 0 Å². The largest absolute Gasteiger partial charge is 0.388 e. The Morgan fingerprint density at radius 3 is 2.42 bits per heavy atom. The van der Waals surface area contributed by atoms with Crippen molar-refractivity contribution in [3.05, 3.63) is 65.7 Å². The van der Waals surface area contributed by atoms with Crippen LogP contribution in [0.3, 0.4) is 0 Å². The first kappa shape index (κ1) is 13.3. The van der Waals surface area contributed by atoms with Crippen LogP contribution in [0.25, 0.3) is 0 Å². The average Bonchev–Trinajstić information content (AvgIpc) is 2.48. The summed E-state index contributed by atoms with van der Waals surface area (Å²) in [7, 11) is 0. The number of aliphatic hydroxyl groups is 1. The number of amides is 1. The maximum Gasteiger partial charge on any atom is 0.255 e. The first-order valence-electron chi connectivity index (χ1n) is 6.35. The van der Waals surface area contributed by atoms with Gasteiger partial charge in [-0.2, -0.15) is 0 Å². The number of nitrogens with one attached hydrogen (secondary N) is 1. The van der Waals surface area contributed by atoms with Gasteiger partial charge in [-0.05, 0) is 24.6 Å². The first-order chi connectivity index (χ1) is 9.22. The Morgan fingerprint density at radius 1 is 1.11 bits per heavy atom. The van der Waals surface area contributed by atoms with Gasteiger partial charge in [0, 0.05) is 16.8 Å². The predicted octanol–water partition coefficient (Wildman–Crippen LogP) is 3.38. The maximum absolute atomic E-state index is 12.1. The van der Waals surface area contributed by atoms with Crippen LogP contribution < -0.4 is 5.32 Å². The first-order valence-corrected chi connectivity index (χ1v) is 6.35. The number of carbonyl (C=O) groups excluding carboxylic acids is 1. The monoisotopic (exact) mass is 255 g/mol. The summed E-state index contributed by atoms with van der Waals surface area (Å²) in [4.78, 5) is 12.1. The highest BCUT2D eigenvalue weighted by Gasteiger charge is 2.12. The summed E-state index contributed by atoms with van der Waals surface area (Å²) in [6.45, 7) is 1.90. The molecule has 0 aliphatic rings. The Kier molecular flexibility index (Phi) is 4.31. The third-order valence-electron chi connectivity index (χ3n) is 2.99. The van der Waals surface area contributed by atoms with Crippen LogP contribution in [0.15, 0.2) is 54.6 Å². The molecule has 0 saturated carbocycles. The molecule has 98 valence electrons. The number of rotatable bonds is 4. The molecule has 2 N–H and O–H groups in total. The Bertz CT molecular complexity index is 552. The summed E-state index contributed by atoms with van der Waals surface area (Å²) in [5.74, 6) is -0.170. The van der Waals surface area contributed by atoms with E-state index in [9.17, 15) is 9.90 Å². The zero-order chi connectivity index (χ0) is 13.7.